The van der Waals surface area contributed by atoms with Crippen LogP contribution in [0.4, 0.5) is 13.2 Å². The largest absolute Gasteiger partial charge is 0.494 e. The first kappa shape index (κ1) is 17.7. The van der Waals surface area contributed by atoms with Gasteiger partial charge in [0.2, 0.25) is 10.0 Å². The lowest BCUT2D eigenvalue weighted by Gasteiger charge is -2.10. The molecule has 0 fully saturated rings. The molecule has 0 atom stereocenters. The maximum Gasteiger partial charge on any atom is 0.402 e. The van der Waals surface area contributed by atoms with Crippen molar-refractivity contribution in [1.29, 1.82) is 0 Å². The van der Waals surface area contributed by atoms with Crippen molar-refractivity contribution in [2.75, 3.05) is 26.7 Å². The second-order valence-corrected chi connectivity index (χ2v) is 5.98. The zero-order chi connectivity index (χ0) is 15.9. The van der Waals surface area contributed by atoms with Crippen LogP contribution in [0.15, 0.2) is 29.2 Å². The van der Waals surface area contributed by atoms with Crippen LogP contribution in [0.5, 0.6) is 5.75 Å². The van der Waals surface area contributed by atoms with Gasteiger partial charge in [-0.2, -0.15) is 13.2 Å². The van der Waals surface area contributed by atoms with Gasteiger partial charge in [-0.1, -0.05) is 0 Å². The van der Waals surface area contributed by atoms with Gasteiger partial charge in [0.1, 0.15) is 12.3 Å². The number of hydrogen-bond donors (Lipinski definition) is 2. The van der Waals surface area contributed by atoms with E-state index in [-0.39, 0.29) is 4.90 Å². The Hall–Kier alpha value is -1.32. The first-order valence-corrected chi connectivity index (χ1v) is 7.67. The molecule has 0 aromatic heterocycles. The molecule has 1 aromatic rings. The van der Waals surface area contributed by atoms with E-state index < -0.39 is 22.7 Å². The third-order valence-corrected chi connectivity index (χ3v) is 3.85. The predicted octanol–water partition coefficient (Wildman–Crippen LogP) is 1.52. The van der Waals surface area contributed by atoms with Gasteiger partial charge in [-0.05, 0) is 44.3 Å². The molecule has 5 nitrogen and oxygen atoms in total. The van der Waals surface area contributed by atoms with Gasteiger partial charge in [-0.15, -0.1) is 0 Å². The van der Waals surface area contributed by atoms with E-state index >= 15 is 0 Å². The Morgan fingerprint density at radius 2 is 1.81 bits per heavy atom. The van der Waals surface area contributed by atoms with Gasteiger partial charge in [-0.25, -0.2) is 13.1 Å². The highest BCUT2D eigenvalue weighted by Gasteiger charge is 2.29. The van der Waals surface area contributed by atoms with Crippen molar-refractivity contribution in [1.82, 2.24) is 10.0 Å². The number of rotatable bonds is 8. The number of sulfonamides is 1. The average molecular weight is 326 g/mol. The molecule has 1 rings (SSSR count). The third-order valence-electron chi connectivity index (χ3n) is 2.44. The predicted molar refractivity (Wildman–Crippen MR) is 71.7 cm³/mol. The van der Waals surface area contributed by atoms with Crippen molar-refractivity contribution in [3.8, 4) is 5.75 Å². The molecular weight excluding hydrogens is 309 g/mol. The van der Waals surface area contributed by atoms with Crippen LogP contribution in [0.3, 0.4) is 0 Å². The minimum Gasteiger partial charge on any atom is -0.494 e. The molecule has 120 valence electrons. The van der Waals surface area contributed by atoms with Crippen molar-refractivity contribution in [2.24, 2.45) is 0 Å². The van der Waals surface area contributed by atoms with Crippen molar-refractivity contribution < 1.29 is 26.3 Å². The summed E-state index contributed by atoms with van der Waals surface area (Å²) < 4.78 is 66.2. The van der Waals surface area contributed by atoms with E-state index in [4.69, 9.17) is 4.74 Å². The molecule has 0 saturated heterocycles. The minimum atomic E-state index is -4.59. The smallest absolute Gasteiger partial charge is 0.402 e. The number of nitrogens with one attached hydrogen (secondary N) is 2. The Kier molecular flexibility index (Phi) is 6.43. The quantitative estimate of drug-likeness (QED) is 0.711. The first-order valence-electron chi connectivity index (χ1n) is 6.18. The van der Waals surface area contributed by atoms with Crippen LogP contribution in [-0.2, 0) is 10.0 Å². The second kappa shape index (κ2) is 7.62. The molecule has 9 heteroatoms. The van der Waals surface area contributed by atoms with E-state index in [0.29, 0.717) is 12.4 Å². The normalized spacial score (nSPS) is 12.4. The van der Waals surface area contributed by atoms with Crippen LogP contribution in [0.25, 0.3) is 0 Å². The number of ether oxygens (including phenoxy) is 1. The fourth-order valence-corrected chi connectivity index (χ4v) is 2.43. The fraction of sp³-hybridized carbons (Fsp3) is 0.500. The molecule has 0 aliphatic carbocycles. The Bertz CT molecular complexity index is 530. The molecule has 0 aliphatic heterocycles. The summed E-state index contributed by atoms with van der Waals surface area (Å²) in [6.45, 7) is -0.356. The molecule has 0 unspecified atom stereocenters. The Balaban J connectivity index is 2.60. The highest BCUT2D eigenvalue weighted by atomic mass is 32.2. The molecule has 0 saturated carbocycles. The molecule has 2 N–H and O–H groups in total. The van der Waals surface area contributed by atoms with Crippen LogP contribution < -0.4 is 14.8 Å². The molecule has 0 spiro atoms. The molecule has 0 bridgehead atoms. The van der Waals surface area contributed by atoms with Crippen molar-refractivity contribution in [3.05, 3.63) is 24.3 Å². The zero-order valence-electron chi connectivity index (χ0n) is 11.4. The van der Waals surface area contributed by atoms with Crippen molar-refractivity contribution >= 4 is 10.0 Å². The zero-order valence-corrected chi connectivity index (χ0v) is 12.2. The van der Waals surface area contributed by atoms with Crippen molar-refractivity contribution in [3.63, 3.8) is 0 Å². The monoisotopic (exact) mass is 326 g/mol. The van der Waals surface area contributed by atoms with E-state index in [1.165, 1.54) is 29.0 Å². The first-order chi connectivity index (χ1) is 9.74. The van der Waals surface area contributed by atoms with E-state index in [2.05, 4.69) is 5.32 Å². The highest BCUT2D eigenvalue weighted by molar-refractivity contribution is 7.89. The second-order valence-electron chi connectivity index (χ2n) is 4.22. The summed E-state index contributed by atoms with van der Waals surface area (Å²) in [6.07, 6.45) is -3.81. The maximum absolute atomic E-state index is 12.0. The number of alkyl halides is 3. The SMILES string of the molecule is CNCCCOc1ccc(S(=O)(=O)NCC(F)(F)F)cc1. The lowest BCUT2D eigenvalue weighted by Crippen LogP contribution is -2.33. The lowest BCUT2D eigenvalue weighted by atomic mass is 10.3. The van der Waals surface area contributed by atoms with Crippen LogP contribution in [0.2, 0.25) is 0 Å². The molecular formula is C12H17F3N2O3S. The van der Waals surface area contributed by atoms with Gasteiger partial charge >= 0.3 is 6.18 Å². The summed E-state index contributed by atoms with van der Waals surface area (Å²) in [5, 5.41) is 2.95. The summed E-state index contributed by atoms with van der Waals surface area (Å²) in [6, 6.07) is 5.21. The molecule has 0 aliphatic rings. The average Bonchev–Trinajstić information content (AvgIpc) is 2.41. The molecule has 1 aromatic carbocycles. The van der Waals surface area contributed by atoms with Gasteiger partial charge < -0.3 is 10.1 Å². The summed E-state index contributed by atoms with van der Waals surface area (Å²) >= 11 is 0. The van der Waals surface area contributed by atoms with E-state index in [9.17, 15) is 21.6 Å². The lowest BCUT2D eigenvalue weighted by molar-refractivity contribution is -0.121. The summed E-state index contributed by atoms with van der Waals surface area (Å²) in [7, 11) is -2.36. The molecule has 0 amide bonds. The molecule has 0 radical (unpaired) electrons. The summed E-state index contributed by atoms with van der Waals surface area (Å²) in [4.78, 5) is -0.241. The molecule has 0 heterocycles. The van der Waals surface area contributed by atoms with Gasteiger partial charge in [-0.3, -0.25) is 0 Å². The third kappa shape index (κ3) is 6.78. The van der Waals surface area contributed by atoms with E-state index in [1.54, 1.807) is 0 Å². The van der Waals surface area contributed by atoms with Gasteiger partial charge in [0, 0.05) is 0 Å². The van der Waals surface area contributed by atoms with Crippen LogP contribution in [0, 0.1) is 0 Å². The van der Waals surface area contributed by atoms with Gasteiger partial charge in [0.15, 0.2) is 0 Å². The standard InChI is InChI=1S/C12H17F3N2O3S/c1-16-7-2-8-20-10-3-5-11(6-4-10)21(18,19)17-9-12(13,14)15/h3-6,16-17H,2,7-9H2,1H3. The Morgan fingerprint density at radius 1 is 1.19 bits per heavy atom. The highest BCUT2D eigenvalue weighted by Crippen LogP contribution is 2.18. The van der Waals surface area contributed by atoms with Crippen LogP contribution in [0.1, 0.15) is 6.42 Å². The maximum atomic E-state index is 12.0. The topological polar surface area (TPSA) is 67.4 Å². The van der Waals surface area contributed by atoms with E-state index in [0.717, 1.165) is 13.0 Å². The van der Waals surface area contributed by atoms with Crippen LogP contribution in [-0.4, -0.2) is 41.3 Å². The molecule has 21 heavy (non-hydrogen) atoms. The number of hydrogen-bond acceptors (Lipinski definition) is 4. The number of halogens is 3. The Labute approximate surface area is 121 Å². The fourth-order valence-electron chi connectivity index (χ4n) is 1.41. The summed E-state index contributed by atoms with van der Waals surface area (Å²) in [5.74, 6) is 0.459. The van der Waals surface area contributed by atoms with Gasteiger partial charge in [0.25, 0.3) is 0 Å². The van der Waals surface area contributed by atoms with E-state index in [1.807, 2.05) is 7.05 Å². The summed E-state index contributed by atoms with van der Waals surface area (Å²) in [5.41, 5.74) is 0. The van der Waals surface area contributed by atoms with Crippen molar-refractivity contribution in [2.45, 2.75) is 17.5 Å². The number of benzene rings is 1. The minimum absolute atomic E-state index is 0.241. The Morgan fingerprint density at radius 3 is 2.33 bits per heavy atom. The van der Waals surface area contributed by atoms with Crippen LogP contribution >= 0.6 is 0 Å². The van der Waals surface area contributed by atoms with Gasteiger partial charge in [0.05, 0.1) is 11.5 Å².